The Morgan fingerprint density at radius 2 is 1.94 bits per heavy atom. The zero-order valence-corrected chi connectivity index (χ0v) is 18.6. The Balaban J connectivity index is 1.66. The Morgan fingerprint density at radius 1 is 1.19 bits per heavy atom. The highest BCUT2D eigenvalue weighted by Crippen LogP contribution is 2.35. The molecule has 164 valence electrons. The number of nitrogens with zero attached hydrogens (tertiary/aromatic N) is 5. The molecule has 1 N–H and O–H groups in total. The lowest BCUT2D eigenvalue weighted by Crippen LogP contribution is -2.53. The van der Waals surface area contributed by atoms with Crippen molar-refractivity contribution in [1.82, 2.24) is 24.8 Å². The molecule has 2 atom stereocenters. The molecular weight excluding hydrogens is 392 g/mol. The van der Waals surface area contributed by atoms with Crippen molar-refractivity contribution in [2.45, 2.75) is 53.0 Å². The molecular formula is C23H30N6O2. The van der Waals surface area contributed by atoms with Crippen molar-refractivity contribution >= 4 is 17.8 Å². The van der Waals surface area contributed by atoms with Crippen LogP contribution >= 0.6 is 0 Å². The van der Waals surface area contributed by atoms with E-state index >= 15 is 0 Å². The Morgan fingerprint density at radius 3 is 2.65 bits per heavy atom. The highest BCUT2D eigenvalue weighted by atomic mass is 16.2. The third-order valence-corrected chi connectivity index (χ3v) is 5.80. The number of hydrogen-bond acceptors (Lipinski definition) is 5. The molecule has 0 aliphatic carbocycles. The van der Waals surface area contributed by atoms with Gasteiger partial charge in [-0.3, -0.25) is 14.9 Å². The van der Waals surface area contributed by atoms with Crippen LogP contribution in [0, 0.1) is 25.7 Å². The molecule has 0 radical (unpaired) electrons. The Bertz CT molecular complexity index is 1050. The number of amides is 1. The average Bonchev–Trinajstić information content (AvgIpc) is 2.67. The zero-order valence-electron chi connectivity index (χ0n) is 18.6. The molecule has 2 aromatic heterocycles. The number of pyridine rings is 1. The first-order chi connectivity index (χ1) is 14.8. The van der Waals surface area contributed by atoms with Crippen molar-refractivity contribution in [3.63, 3.8) is 0 Å². The van der Waals surface area contributed by atoms with Gasteiger partial charge in [0, 0.05) is 55.1 Å². The van der Waals surface area contributed by atoms with Crippen LogP contribution in [0.2, 0.25) is 0 Å². The van der Waals surface area contributed by atoms with Gasteiger partial charge in [0.2, 0.25) is 11.9 Å². The number of aliphatic imine (C=N–C) groups is 1. The van der Waals surface area contributed by atoms with Gasteiger partial charge < -0.3 is 9.47 Å². The second-order valence-corrected chi connectivity index (χ2v) is 9.14. The summed E-state index contributed by atoms with van der Waals surface area (Å²) >= 11 is 0. The summed E-state index contributed by atoms with van der Waals surface area (Å²) in [5, 5.41) is 3.02. The van der Waals surface area contributed by atoms with Gasteiger partial charge in [0.25, 0.3) is 11.5 Å². The van der Waals surface area contributed by atoms with Crippen LogP contribution in [0.25, 0.3) is 0 Å². The maximum absolute atomic E-state index is 12.6. The number of guanidine groups is 1. The van der Waals surface area contributed by atoms with Crippen LogP contribution in [0.15, 0.2) is 34.1 Å². The molecule has 0 aromatic carbocycles. The van der Waals surface area contributed by atoms with E-state index in [4.69, 9.17) is 0 Å². The van der Waals surface area contributed by atoms with E-state index in [9.17, 15) is 9.59 Å². The van der Waals surface area contributed by atoms with Crippen LogP contribution in [-0.4, -0.2) is 44.4 Å². The fraction of sp³-hybridized carbons (Fsp3) is 0.522. The van der Waals surface area contributed by atoms with Crippen molar-refractivity contribution in [3.8, 4) is 0 Å². The molecule has 8 nitrogen and oxygen atoms in total. The first-order valence-electron chi connectivity index (χ1n) is 10.9. The number of piperidine rings is 1. The molecule has 0 spiro atoms. The van der Waals surface area contributed by atoms with Gasteiger partial charge in [-0.15, -0.1) is 0 Å². The second kappa shape index (κ2) is 8.61. The first kappa shape index (κ1) is 21.2. The minimum atomic E-state index is -0.0644. The van der Waals surface area contributed by atoms with E-state index in [2.05, 4.69) is 25.2 Å². The molecule has 2 bridgehead atoms. The number of carbonyl (C=O) groups is 1. The highest BCUT2D eigenvalue weighted by Gasteiger charge is 2.36. The predicted molar refractivity (Wildman–Crippen MR) is 119 cm³/mol. The number of nitrogens with one attached hydrogen (secondary N) is 1. The minimum absolute atomic E-state index is 0.0587. The van der Waals surface area contributed by atoms with E-state index in [-0.39, 0.29) is 23.3 Å². The maximum Gasteiger partial charge on any atom is 0.253 e. The number of carbonyl (C=O) groups excluding carboxylic acids is 1. The summed E-state index contributed by atoms with van der Waals surface area (Å²) in [6.07, 6.45) is 1.46. The van der Waals surface area contributed by atoms with Crippen LogP contribution in [0.1, 0.15) is 49.7 Å². The lowest BCUT2D eigenvalue weighted by molar-refractivity contribution is -0.120. The average molecular weight is 423 g/mol. The quantitative estimate of drug-likeness (QED) is 0.606. The maximum atomic E-state index is 12.6. The van der Waals surface area contributed by atoms with Crippen LogP contribution in [0.5, 0.6) is 0 Å². The summed E-state index contributed by atoms with van der Waals surface area (Å²) in [5.41, 5.74) is 2.79. The lowest BCUT2D eigenvalue weighted by atomic mass is 9.83. The molecule has 4 rings (SSSR count). The lowest BCUT2D eigenvalue weighted by Gasteiger charge is -2.43. The topological polar surface area (TPSA) is 92.5 Å². The monoisotopic (exact) mass is 422 g/mol. The van der Waals surface area contributed by atoms with E-state index in [1.54, 1.807) is 6.07 Å². The molecule has 8 heteroatoms. The standard InChI is InChI=1S/C23H30N6O2/c1-14(2)8-20(30)26-23(27-22-24-15(3)9-16(4)25-22)28-11-17-10-18(13-28)19-6-5-7-21(31)29(19)12-17/h5-7,9,14,17-18H,8,10-13H2,1-4H3,(H,24,25,26,27,30). The molecule has 2 aliphatic rings. The third kappa shape index (κ3) is 4.84. The molecule has 1 fully saturated rings. The summed E-state index contributed by atoms with van der Waals surface area (Å²) in [7, 11) is 0. The van der Waals surface area contributed by atoms with E-state index in [1.807, 2.05) is 50.5 Å². The third-order valence-electron chi connectivity index (χ3n) is 5.80. The number of likely N-dealkylation sites (tertiary alicyclic amines) is 1. The fourth-order valence-electron chi connectivity index (χ4n) is 4.65. The SMILES string of the molecule is Cc1cc(C)nc(/N=C(/NC(=O)CC(C)C)N2CC3CC(C2)c2cccc(=O)n2C3)n1. The van der Waals surface area contributed by atoms with Gasteiger partial charge in [0.05, 0.1) is 0 Å². The first-order valence-corrected chi connectivity index (χ1v) is 10.9. The molecule has 0 saturated carbocycles. The zero-order chi connectivity index (χ0) is 22.1. The second-order valence-electron chi connectivity index (χ2n) is 9.14. The number of aromatic nitrogens is 3. The van der Waals surface area contributed by atoms with E-state index in [0.717, 1.165) is 30.0 Å². The normalized spacial score (nSPS) is 20.5. The van der Waals surface area contributed by atoms with Gasteiger partial charge in [-0.2, -0.15) is 4.99 Å². The van der Waals surface area contributed by atoms with Gasteiger partial charge in [-0.25, -0.2) is 9.97 Å². The largest absolute Gasteiger partial charge is 0.341 e. The fourth-order valence-corrected chi connectivity index (χ4v) is 4.65. The molecule has 31 heavy (non-hydrogen) atoms. The summed E-state index contributed by atoms with van der Waals surface area (Å²) in [6, 6.07) is 7.39. The molecule has 1 saturated heterocycles. The molecule has 2 aromatic rings. The predicted octanol–water partition coefficient (Wildman–Crippen LogP) is 2.52. The Labute approximate surface area is 182 Å². The minimum Gasteiger partial charge on any atom is -0.341 e. The van der Waals surface area contributed by atoms with Crippen molar-refractivity contribution in [1.29, 1.82) is 0 Å². The highest BCUT2D eigenvalue weighted by molar-refractivity contribution is 5.98. The van der Waals surface area contributed by atoms with Gasteiger partial charge in [-0.1, -0.05) is 19.9 Å². The van der Waals surface area contributed by atoms with Crippen molar-refractivity contribution in [3.05, 3.63) is 51.7 Å². The van der Waals surface area contributed by atoms with E-state index in [0.29, 0.717) is 37.3 Å². The van der Waals surface area contributed by atoms with Crippen molar-refractivity contribution < 1.29 is 4.79 Å². The summed E-state index contributed by atoms with van der Waals surface area (Å²) in [4.78, 5) is 40.6. The smallest absolute Gasteiger partial charge is 0.253 e. The van der Waals surface area contributed by atoms with Crippen LogP contribution in [0.4, 0.5) is 5.95 Å². The number of fused-ring (bicyclic) bond motifs is 4. The van der Waals surface area contributed by atoms with Crippen LogP contribution in [0.3, 0.4) is 0 Å². The number of hydrogen-bond donors (Lipinski definition) is 1. The van der Waals surface area contributed by atoms with Gasteiger partial charge in [0.15, 0.2) is 0 Å². The molecule has 2 unspecified atom stereocenters. The van der Waals surface area contributed by atoms with E-state index in [1.165, 1.54) is 0 Å². The Kier molecular flexibility index (Phi) is 5.89. The van der Waals surface area contributed by atoms with E-state index < -0.39 is 0 Å². The number of aryl methyl sites for hydroxylation is 2. The van der Waals surface area contributed by atoms with Crippen molar-refractivity contribution in [2.24, 2.45) is 16.8 Å². The molecule has 4 heterocycles. The van der Waals surface area contributed by atoms with Gasteiger partial charge >= 0.3 is 0 Å². The summed E-state index contributed by atoms with van der Waals surface area (Å²) < 4.78 is 1.90. The van der Waals surface area contributed by atoms with Crippen LogP contribution < -0.4 is 10.9 Å². The summed E-state index contributed by atoms with van der Waals surface area (Å²) in [5.74, 6) is 1.57. The van der Waals surface area contributed by atoms with Gasteiger partial charge in [-0.05, 0) is 44.2 Å². The molecule has 1 amide bonds. The van der Waals surface area contributed by atoms with Crippen molar-refractivity contribution in [2.75, 3.05) is 13.1 Å². The molecule has 2 aliphatic heterocycles. The number of rotatable bonds is 3. The van der Waals surface area contributed by atoms with Gasteiger partial charge in [0.1, 0.15) is 0 Å². The Hall–Kier alpha value is -3.03. The summed E-state index contributed by atoms with van der Waals surface area (Å²) in [6.45, 7) is 9.95. The van der Waals surface area contributed by atoms with Crippen LogP contribution in [-0.2, 0) is 11.3 Å².